The molecule has 4 aromatic rings. The van der Waals surface area contributed by atoms with Crippen LogP contribution in [0.4, 0.5) is 11.4 Å². The Labute approximate surface area is 307 Å². The highest BCUT2D eigenvalue weighted by Crippen LogP contribution is 2.37. The number of nitrogens with one attached hydrogen (secondary N) is 3. The third kappa shape index (κ3) is 7.24. The average Bonchev–Trinajstić information content (AvgIpc) is 3.66. The lowest BCUT2D eigenvalue weighted by molar-refractivity contribution is -0.138. The highest BCUT2D eigenvalue weighted by molar-refractivity contribution is 6.32. The number of likely N-dealkylation sites (tertiary alicyclic amines) is 1. The van der Waals surface area contributed by atoms with Crippen LogP contribution in [0.15, 0.2) is 53.6 Å². The van der Waals surface area contributed by atoms with Crippen LogP contribution in [0.1, 0.15) is 44.1 Å². The summed E-state index contributed by atoms with van der Waals surface area (Å²) < 4.78 is 7.36. The number of carbonyl (C=O) groups is 3. The number of anilines is 2. The molecule has 2 aromatic carbocycles. The van der Waals surface area contributed by atoms with Gasteiger partial charge in [0.05, 0.1) is 13.3 Å². The van der Waals surface area contributed by atoms with Crippen molar-refractivity contribution in [1.29, 1.82) is 0 Å². The number of aromatic nitrogens is 3. The monoisotopic (exact) mass is 728 g/mol. The van der Waals surface area contributed by atoms with Gasteiger partial charge >= 0.3 is 0 Å². The molecule has 3 N–H and O–H groups in total. The first-order valence-corrected chi connectivity index (χ1v) is 18.3. The number of piperidine rings is 3. The summed E-state index contributed by atoms with van der Waals surface area (Å²) >= 11 is 6.91. The van der Waals surface area contributed by atoms with Crippen LogP contribution in [0.5, 0.6) is 5.75 Å². The van der Waals surface area contributed by atoms with Gasteiger partial charge in [0.25, 0.3) is 5.56 Å². The highest BCUT2D eigenvalue weighted by Gasteiger charge is 2.33. The predicted molar refractivity (Wildman–Crippen MR) is 201 cm³/mol. The summed E-state index contributed by atoms with van der Waals surface area (Å²) in [5.41, 5.74) is 4.83. The van der Waals surface area contributed by atoms with Crippen molar-refractivity contribution in [3.05, 3.63) is 69.7 Å². The Morgan fingerprint density at radius 1 is 1.04 bits per heavy atom. The molecule has 1 unspecified atom stereocenters. The van der Waals surface area contributed by atoms with E-state index in [0.29, 0.717) is 35.7 Å². The van der Waals surface area contributed by atoms with Crippen molar-refractivity contribution in [2.75, 3.05) is 50.6 Å². The Morgan fingerprint density at radius 3 is 2.46 bits per heavy atom. The van der Waals surface area contributed by atoms with Crippen LogP contribution in [0.2, 0.25) is 5.02 Å². The molecule has 274 valence electrons. The third-order valence-electron chi connectivity index (χ3n) is 11.0. The van der Waals surface area contributed by atoms with Crippen LogP contribution in [0.3, 0.4) is 0 Å². The Morgan fingerprint density at radius 2 is 1.77 bits per heavy atom. The summed E-state index contributed by atoms with van der Waals surface area (Å²) in [6.45, 7) is 3.92. The fourth-order valence-corrected chi connectivity index (χ4v) is 8.10. The SMILES string of the molecule is COc1cc(-c2cn(C)c(=O)c3[nH]ncc23)cc(Cl)c1CN1CCC(N(C)C(=O)C2CCN(c3ccc(NC4CCC(=O)NC4=O)cc3)CC2)CC1. The number of amides is 3. The van der Waals surface area contributed by atoms with E-state index < -0.39 is 6.04 Å². The lowest BCUT2D eigenvalue weighted by Gasteiger charge is -2.40. The molecule has 0 aliphatic carbocycles. The lowest BCUT2D eigenvalue weighted by Crippen LogP contribution is -2.48. The van der Waals surface area contributed by atoms with Gasteiger partial charge in [0, 0.05) is 104 Å². The molecule has 0 spiro atoms. The number of ether oxygens (including phenoxy) is 1. The second-order valence-electron chi connectivity index (χ2n) is 14.2. The molecule has 3 amide bonds. The van der Waals surface area contributed by atoms with Gasteiger partial charge in [-0.05, 0) is 74.1 Å². The van der Waals surface area contributed by atoms with Crippen molar-refractivity contribution in [3.63, 3.8) is 0 Å². The minimum Gasteiger partial charge on any atom is -0.496 e. The van der Waals surface area contributed by atoms with E-state index in [1.54, 1.807) is 26.6 Å². The van der Waals surface area contributed by atoms with Crippen molar-refractivity contribution < 1.29 is 19.1 Å². The van der Waals surface area contributed by atoms with Crippen molar-refractivity contribution in [2.24, 2.45) is 13.0 Å². The van der Waals surface area contributed by atoms with Gasteiger partial charge in [-0.15, -0.1) is 0 Å². The molecule has 0 saturated carbocycles. The van der Waals surface area contributed by atoms with Crippen LogP contribution in [-0.4, -0.2) is 94.7 Å². The van der Waals surface area contributed by atoms with Crippen molar-refractivity contribution >= 4 is 51.6 Å². The summed E-state index contributed by atoms with van der Waals surface area (Å²) in [5, 5.41) is 13.8. The van der Waals surface area contributed by atoms with Crippen LogP contribution < -0.4 is 25.8 Å². The third-order valence-corrected chi connectivity index (χ3v) is 11.3. The number of pyridine rings is 1. The number of methoxy groups -OCH3 is 1. The lowest BCUT2D eigenvalue weighted by atomic mass is 9.93. The number of benzene rings is 2. The number of rotatable bonds is 9. The quantitative estimate of drug-likeness (QED) is 0.217. The summed E-state index contributed by atoms with van der Waals surface area (Å²) in [6, 6.07) is 11.7. The number of imide groups is 1. The molecular formula is C38H45ClN8O5. The van der Waals surface area contributed by atoms with Crippen LogP contribution in [-0.2, 0) is 28.0 Å². The van der Waals surface area contributed by atoms with E-state index in [2.05, 4.69) is 30.6 Å². The number of carbonyl (C=O) groups excluding carboxylic acids is 3. The number of fused-ring (bicyclic) bond motifs is 1. The van der Waals surface area contributed by atoms with E-state index in [9.17, 15) is 19.2 Å². The normalized spacial score (nSPS) is 19.2. The molecule has 52 heavy (non-hydrogen) atoms. The Balaban J connectivity index is 0.905. The second kappa shape index (κ2) is 15.0. The van der Waals surface area contributed by atoms with Gasteiger partial charge in [-0.3, -0.25) is 34.5 Å². The minimum atomic E-state index is -0.412. The molecule has 0 radical (unpaired) electrons. The van der Waals surface area contributed by atoms with E-state index in [1.165, 1.54) is 4.57 Å². The standard InChI is InChI=1S/C38H45ClN8O5/c1-44-21-29(28-20-40-43-35(28)38(44)51)24-18-31(39)30(33(19-24)52-3)22-46-14-12-26(13-15-46)45(2)37(50)23-10-16-47(17-11-23)27-6-4-25(5-7-27)41-32-8-9-34(48)42-36(32)49/h4-7,18-21,23,26,32,41H,8-17,22H2,1-3H3,(H,40,43)(H,42,48,49). The molecule has 1 atom stereocenters. The maximum Gasteiger partial charge on any atom is 0.276 e. The van der Waals surface area contributed by atoms with Crippen LogP contribution in [0, 0.1) is 5.92 Å². The number of aryl methyl sites for hydroxylation is 1. The molecule has 3 fully saturated rings. The highest BCUT2D eigenvalue weighted by atomic mass is 35.5. The topological polar surface area (TPSA) is 145 Å². The fraction of sp³-hybridized carbons (Fsp3) is 0.447. The van der Waals surface area contributed by atoms with Crippen LogP contribution in [0.25, 0.3) is 22.0 Å². The summed E-state index contributed by atoms with van der Waals surface area (Å²) in [4.78, 5) is 56.4. The van der Waals surface area contributed by atoms with Gasteiger partial charge < -0.3 is 24.4 Å². The molecule has 3 aliphatic rings. The van der Waals surface area contributed by atoms with E-state index in [4.69, 9.17) is 16.3 Å². The van der Waals surface area contributed by atoms with Gasteiger partial charge in [-0.25, -0.2) is 0 Å². The van der Waals surface area contributed by atoms with Crippen LogP contribution >= 0.6 is 11.6 Å². The summed E-state index contributed by atoms with van der Waals surface area (Å²) in [7, 11) is 5.31. The fourth-order valence-electron chi connectivity index (χ4n) is 7.83. The minimum absolute atomic E-state index is 0.00430. The second-order valence-corrected chi connectivity index (χ2v) is 14.6. The van der Waals surface area contributed by atoms with Crippen molar-refractivity contribution in [2.45, 2.75) is 57.2 Å². The molecule has 0 bridgehead atoms. The molecule has 14 heteroatoms. The number of aromatic amines is 1. The first-order valence-electron chi connectivity index (χ1n) is 17.9. The Kier molecular flexibility index (Phi) is 10.2. The first kappa shape index (κ1) is 35.5. The Hall–Kier alpha value is -4.88. The van der Waals surface area contributed by atoms with Gasteiger partial charge in [0.2, 0.25) is 17.7 Å². The van der Waals surface area contributed by atoms with E-state index in [1.807, 2.05) is 48.3 Å². The number of halogens is 1. The summed E-state index contributed by atoms with van der Waals surface area (Å²) in [6.07, 6.45) is 7.64. The van der Waals surface area contributed by atoms with Gasteiger partial charge in [0.1, 0.15) is 17.3 Å². The largest absolute Gasteiger partial charge is 0.496 e. The molecule has 2 aromatic heterocycles. The van der Waals surface area contributed by atoms with E-state index in [-0.39, 0.29) is 35.2 Å². The number of H-pyrrole nitrogens is 1. The maximum absolute atomic E-state index is 13.6. The predicted octanol–water partition coefficient (Wildman–Crippen LogP) is 4.15. The molecule has 13 nitrogen and oxygen atoms in total. The van der Waals surface area contributed by atoms with Gasteiger partial charge in [0.15, 0.2) is 0 Å². The molecule has 7 rings (SSSR count). The molecule has 3 aliphatic heterocycles. The zero-order chi connectivity index (χ0) is 36.5. The van der Waals surface area contributed by atoms with Crippen molar-refractivity contribution in [1.82, 2.24) is 29.9 Å². The molecule has 3 saturated heterocycles. The van der Waals surface area contributed by atoms with Gasteiger partial charge in [-0.1, -0.05) is 11.6 Å². The molecule has 5 heterocycles. The smallest absolute Gasteiger partial charge is 0.276 e. The average molecular weight is 729 g/mol. The van der Waals surface area contributed by atoms with E-state index >= 15 is 0 Å². The number of nitrogens with zero attached hydrogens (tertiary/aromatic N) is 5. The maximum atomic E-state index is 13.6. The zero-order valence-electron chi connectivity index (χ0n) is 29.8. The Bertz CT molecular complexity index is 2030. The van der Waals surface area contributed by atoms with Gasteiger partial charge in [-0.2, -0.15) is 5.10 Å². The van der Waals surface area contributed by atoms with Crippen molar-refractivity contribution in [3.8, 4) is 16.9 Å². The van der Waals surface area contributed by atoms with E-state index in [0.717, 1.165) is 85.3 Å². The zero-order valence-corrected chi connectivity index (χ0v) is 30.5. The summed E-state index contributed by atoms with van der Waals surface area (Å²) in [5.74, 6) is 0.412. The number of hydrogen-bond donors (Lipinski definition) is 3. The number of hydrogen-bond acceptors (Lipinski definition) is 9. The molecular weight excluding hydrogens is 684 g/mol. The first-order chi connectivity index (χ1) is 25.1.